The molecule has 0 bridgehead atoms. The van der Waals surface area contributed by atoms with E-state index in [0.29, 0.717) is 24.7 Å². The highest BCUT2D eigenvalue weighted by atomic mass is 16.5. The van der Waals surface area contributed by atoms with Gasteiger partial charge in [0.25, 0.3) is 0 Å². The van der Waals surface area contributed by atoms with Crippen LogP contribution in [0.4, 0.5) is 5.69 Å². The maximum absolute atomic E-state index is 12.5. The lowest BCUT2D eigenvalue weighted by atomic mass is 10.1. The molecule has 0 aliphatic carbocycles. The van der Waals surface area contributed by atoms with Gasteiger partial charge in [-0.2, -0.15) is 4.98 Å². The van der Waals surface area contributed by atoms with Crippen molar-refractivity contribution in [2.75, 3.05) is 18.6 Å². The zero-order valence-electron chi connectivity index (χ0n) is 15.6. The van der Waals surface area contributed by atoms with Gasteiger partial charge in [0.15, 0.2) is 0 Å². The summed E-state index contributed by atoms with van der Waals surface area (Å²) in [5, 5.41) is 4.12. The Hall–Kier alpha value is -3.15. The second kappa shape index (κ2) is 6.87. The summed E-state index contributed by atoms with van der Waals surface area (Å²) in [6, 6.07) is 13.6. The van der Waals surface area contributed by atoms with Crippen molar-refractivity contribution in [2.45, 2.75) is 26.2 Å². The van der Waals surface area contributed by atoms with Gasteiger partial charge in [-0.05, 0) is 43.2 Å². The first-order valence-corrected chi connectivity index (χ1v) is 8.91. The number of aryl methyl sites for hydroxylation is 2. The fourth-order valence-electron chi connectivity index (χ4n) is 3.30. The summed E-state index contributed by atoms with van der Waals surface area (Å²) in [4.78, 5) is 18.8. The number of aromatic nitrogens is 2. The molecule has 3 aromatic rings. The molecular formula is C21H21N3O3. The average molecular weight is 363 g/mol. The normalized spacial score (nSPS) is 16.8. The predicted molar refractivity (Wildman–Crippen MR) is 102 cm³/mol. The highest BCUT2D eigenvalue weighted by Gasteiger charge is 2.35. The van der Waals surface area contributed by atoms with Crippen LogP contribution < -0.4 is 9.64 Å². The first kappa shape index (κ1) is 17.3. The fourth-order valence-corrected chi connectivity index (χ4v) is 3.30. The van der Waals surface area contributed by atoms with Crippen LogP contribution in [0.25, 0.3) is 11.4 Å². The summed E-state index contributed by atoms with van der Waals surface area (Å²) in [5.41, 5.74) is 4.13. The van der Waals surface area contributed by atoms with Crippen LogP contribution in [0, 0.1) is 13.8 Å². The van der Waals surface area contributed by atoms with Crippen LogP contribution in [0.3, 0.4) is 0 Å². The van der Waals surface area contributed by atoms with Crippen molar-refractivity contribution in [3.8, 4) is 17.1 Å². The molecule has 0 spiro atoms. The minimum Gasteiger partial charge on any atom is -0.497 e. The lowest BCUT2D eigenvalue weighted by Gasteiger charge is -2.16. The number of benzene rings is 2. The monoisotopic (exact) mass is 363 g/mol. The second-order valence-corrected chi connectivity index (χ2v) is 6.86. The number of anilines is 1. The average Bonchev–Trinajstić information content (AvgIpc) is 3.31. The third-order valence-corrected chi connectivity index (χ3v) is 5.05. The van der Waals surface area contributed by atoms with Crippen molar-refractivity contribution in [1.29, 1.82) is 0 Å². The SMILES string of the molecule is COc1cccc(N2CC(c3nc(-c4ccc(C)c(C)c4)no3)CC2=O)c1. The second-order valence-electron chi connectivity index (χ2n) is 6.86. The molecular weight excluding hydrogens is 342 g/mol. The van der Waals surface area contributed by atoms with Gasteiger partial charge in [-0.25, -0.2) is 0 Å². The van der Waals surface area contributed by atoms with Crippen LogP contribution in [0.1, 0.15) is 29.4 Å². The van der Waals surface area contributed by atoms with E-state index in [-0.39, 0.29) is 11.8 Å². The maximum Gasteiger partial charge on any atom is 0.232 e. The summed E-state index contributed by atoms with van der Waals surface area (Å²) in [6.45, 7) is 4.64. The van der Waals surface area contributed by atoms with Crippen molar-refractivity contribution < 1.29 is 14.1 Å². The third kappa shape index (κ3) is 3.30. The van der Waals surface area contributed by atoms with Crippen molar-refractivity contribution >= 4 is 11.6 Å². The highest BCUT2D eigenvalue weighted by Crippen LogP contribution is 2.33. The van der Waals surface area contributed by atoms with E-state index in [4.69, 9.17) is 9.26 Å². The lowest BCUT2D eigenvalue weighted by Crippen LogP contribution is -2.24. The number of ether oxygens (including phenoxy) is 1. The molecule has 1 atom stereocenters. The molecule has 138 valence electrons. The number of carbonyl (C=O) groups is 1. The van der Waals surface area contributed by atoms with Gasteiger partial charge in [0.1, 0.15) is 5.75 Å². The highest BCUT2D eigenvalue weighted by molar-refractivity contribution is 5.96. The molecule has 0 N–H and O–H groups in total. The Morgan fingerprint density at radius 3 is 2.78 bits per heavy atom. The lowest BCUT2D eigenvalue weighted by molar-refractivity contribution is -0.117. The molecule has 6 heteroatoms. The molecule has 1 amide bonds. The zero-order chi connectivity index (χ0) is 19.0. The summed E-state index contributed by atoms with van der Waals surface area (Å²) in [5.74, 6) is 1.71. The van der Waals surface area contributed by atoms with Crippen molar-refractivity contribution in [1.82, 2.24) is 10.1 Å². The van der Waals surface area contributed by atoms with Gasteiger partial charge in [0, 0.05) is 30.3 Å². The van der Waals surface area contributed by atoms with E-state index in [2.05, 4.69) is 24.0 Å². The van der Waals surface area contributed by atoms with E-state index < -0.39 is 0 Å². The third-order valence-electron chi connectivity index (χ3n) is 5.05. The Kier molecular flexibility index (Phi) is 4.39. The van der Waals surface area contributed by atoms with Gasteiger partial charge in [-0.3, -0.25) is 4.79 Å². The number of hydrogen-bond donors (Lipinski definition) is 0. The Morgan fingerprint density at radius 1 is 1.15 bits per heavy atom. The number of carbonyl (C=O) groups excluding carboxylic acids is 1. The van der Waals surface area contributed by atoms with Crippen molar-refractivity contribution in [2.24, 2.45) is 0 Å². The minimum absolute atomic E-state index is 0.0409. The van der Waals surface area contributed by atoms with E-state index in [1.807, 2.05) is 42.5 Å². The molecule has 1 aromatic heterocycles. The molecule has 2 heterocycles. The molecule has 6 nitrogen and oxygen atoms in total. The smallest absolute Gasteiger partial charge is 0.232 e. The van der Waals surface area contributed by atoms with Crippen LogP contribution in [-0.4, -0.2) is 29.7 Å². The molecule has 1 unspecified atom stereocenters. The Labute approximate surface area is 157 Å². The topological polar surface area (TPSA) is 68.5 Å². The Balaban J connectivity index is 1.55. The van der Waals surface area contributed by atoms with Gasteiger partial charge in [0.05, 0.1) is 13.0 Å². The summed E-state index contributed by atoms with van der Waals surface area (Å²) in [7, 11) is 1.61. The van der Waals surface area contributed by atoms with E-state index in [9.17, 15) is 4.79 Å². The van der Waals surface area contributed by atoms with E-state index in [1.165, 1.54) is 11.1 Å². The standard InChI is InChI=1S/C21H21N3O3/c1-13-7-8-15(9-14(13)2)20-22-21(27-23-20)16-10-19(25)24(12-16)17-5-4-6-18(11-17)26-3/h4-9,11,16H,10,12H2,1-3H3. The van der Waals surface area contributed by atoms with E-state index >= 15 is 0 Å². The molecule has 2 aromatic carbocycles. The van der Waals surface area contributed by atoms with Gasteiger partial charge in [0.2, 0.25) is 17.6 Å². The number of methoxy groups -OCH3 is 1. The van der Waals surface area contributed by atoms with Crippen molar-refractivity contribution in [3.05, 3.63) is 59.5 Å². The van der Waals surface area contributed by atoms with Crippen LogP contribution in [0.2, 0.25) is 0 Å². The van der Waals surface area contributed by atoms with Crippen molar-refractivity contribution in [3.63, 3.8) is 0 Å². The molecule has 27 heavy (non-hydrogen) atoms. The first-order valence-electron chi connectivity index (χ1n) is 8.91. The first-order chi connectivity index (χ1) is 13.0. The Bertz CT molecular complexity index is 996. The number of hydrogen-bond acceptors (Lipinski definition) is 5. The van der Waals surface area contributed by atoms with Gasteiger partial charge in [-0.15, -0.1) is 0 Å². The van der Waals surface area contributed by atoms with Crippen LogP contribution in [0.5, 0.6) is 5.75 Å². The zero-order valence-corrected chi connectivity index (χ0v) is 15.6. The van der Waals surface area contributed by atoms with Crippen LogP contribution in [0.15, 0.2) is 47.0 Å². The largest absolute Gasteiger partial charge is 0.497 e. The summed E-state index contributed by atoms with van der Waals surface area (Å²) in [6.07, 6.45) is 0.353. The molecule has 4 rings (SSSR count). The maximum atomic E-state index is 12.5. The number of rotatable bonds is 4. The molecule has 1 aliphatic heterocycles. The molecule has 1 saturated heterocycles. The summed E-state index contributed by atoms with van der Waals surface area (Å²) >= 11 is 0. The molecule has 1 aliphatic rings. The fraction of sp³-hybridized carbons (Fsp3) is 0.286. The Morgan fingerprint density at radius 2 is 2.00 bits per heavy atom. The molecule has 0 saturated carbocycles. The van der Waals surface area contributed by atoms with Gasteiger partial charge in [-0.1, -0.05) is 23.4 Å². The van der Waals surface area contributed by atoms with Gasteiger partial charge < -0.3 is 14.2 Å². The predicted octanol–water partition coefficient (Wildman–Crippen LogP) is 3.88. The van der Waals surface area contributed by atoms with Crippen LogP contribution in [-0.2, 0) is 4.79 Å². The van der Waals surface area contributed by atoms with E-state index in [0.717, 1.165) is 17.0 Å². The minimum atomic E-state index is -0.114. The summed E-state index contributed by atoms with van der Waals surface area (Å²) < 4.78 is 10.7. The quantitative estimate of drug-likeness (QED) is 0.703. The van der Waals surface area contributed by atoms with E-state index in [1.54, 1.807) is 12.0 Å². The number of nitrogens with zero attached hydrogens (tertiary/aromatic N) is 3. The van der Waals surface area contributed by atoms with Gasteiger partial charge >= 0.3 is 0 Å². The molecule has 0 radical (unpaired) electrons. The molecule has 1 fully saturated rings. The van der Waals surface area contributed by atoms with Crippen LogP contribution >= 0.6 is 0 Å². The number of amides is 1.